The molecule has 0 aliphatic heterocycles. The molecule has 1 heterocycles. The molecule has 0 saturated carbocycles. The number of aryl methyl sites for hydroxylation is 1. The molecule has 1 aromatic rings. The topological polar surface area (TPSA) is 55.0 Å². The van der Waals surface area contributed by atoms with Crippen molar-refractivity contribution in [2.45, 2.75) is 40.2 Å². The molecule has 0 amide bonds. The van der Waals surface area contributed by atoms with Gasteiger partial charge in [-0.2, -0.15) is 0 Å². The molecule has 0 saturated heterocycles. The van der Waals surface area contributed by atoms with E-state index in [-0.39, 0.29) is 0 Å². The van der Waals surface area contributed by atoms with Gasteiger partial charge in [-0.3, -0.25) is 0 Å². The second-order valence-corrected chi connectivity index (χ2v) is 4.79. The molecule has 16 heavy (non-hydrogen) atoms. The minimum absolute atomic E-state index is 0.452. The molecule has 4 nitrogen and oxygen atoms in total. The van der Waals surface area contributed by atoms with E-state index in [4.69, 9.17) is 5.73 Å². The third kappa shape index (κ3) is 3.36. The normalized spacial score (nSPS) is 12.9. The van der Waals surface area contributed by atoms with E-state index in [1.165, 1.54) is 0 Å². The highest BCUT2D eigenvalue weighted by Gasteiger charge is 2.13. The number of anilines is 2. The highest BCUT2D eigenvalue weighted by atomic mass is 15.2. The summed E-state index contributed by atoms with van der Waals surface area (Å²) >= 11 is 0. The largest absolute Gasteiger partial charge is 0.384 e. The molecule has 0 aliphatic carbocycles. The molecule has 4 heteroatoms. The van der Waals surface area contributed by atoms with Crippen molar-refractivity contribution in [2.24, 2.45) is 5.92 Å². The van der Waals surface area contributed by atoms with Gasteiger partial charge in [0.2, 0.25) is 0 Å². The van der Waals surface area contributed by atoms with Crippen LogP contribution >= 0.6 is 0 Å². The first-order valence-electron chi connectivity index (χ1n) is 5.74. The molecule has 90 valence electrons. The van der Waals surface area contributed by atoms with Crippen LogP contribution in [-0.4, -0.2) is 23.1 Å². The van der Waals surface area contributed by atoms with E-state index >= 15 is 0 Å². The van der Waals surface area contributed by atoms with Crippen LogP contribution in [0.4, 0.5) is 11.6 Å². The molecule has 0 bridgehead atoms. The highest BCUT2D eigenvalue weighted by molar-refractivity contribution is 5.46. The summed E-state index contributed by atoms with van der Waals surface area (Å²) in [5.41, 5.74) is 5.72. The SMILES string of the molecule is Cc1nc(N)cc(N(C)C(C)CC(C)C)n1. The summed E-state index contributed by atoms with van der Waals surface area (Å²) in [6, 6.07) is 2.28. The van der Waals surface area contributed by atoms with Gasteiger partial charge in [0.1, 0.15) is 17.5 Å². The Labute approximate surface area is 97.9 Å². The van der Waals surface area contributed by atoms with E-state index in [0.29, 0.717) is 17.8 Å². The Bertz CT molecular complexity index is 329. The second-order valence-electron chi connectivity index (χ2n) is 4.79. The Balaban J connectivity index is 2.82. The maximum Gasteiger partial charge on any atom is 0.134 e. The molecule has 0 fully saturated rings. The predicted octanol–water partition coefficient (Wildman–Crippen LogP) is 2.24. The fourth-order valence-corrected chi connectivity index (χ4v) is 1.82. The molecule has 1 rings (SSSR count). The molecule has 2 N–H and O–H groups in total. The summed E-state index contributed by atoms with van der Waals surface area (Å²) in [6.45, 7) is 8.52. The minimum atomic E-state index is 0.452. The van der Waals surface area contributed by atoms with Crippen molar-refractivity contribution in [2.75, 3.05) is 17.7 Å². The van der Waals surface area contributed by atoms with Crippen molar-refractivity contribution in [3.63, 3.8) is 0 Å². The average molecular weight is 222 g/mol. The molecule has 0 spiro atoms. The lowest BCUT2D eigenvalue weighted by molar-refractivity contribution is 0.502. The van der Waals surface area contributed by atoms with E-state index in [1.54, 1.807) is 0 Å². The molecule has 0 aromatic carbocycles. The lowest BCUT2D eigenvalue weighted by Crippen LogP contribution is -2.31. The van der Waals surface area contributed by atoms with Crippen LogP contribution in [0.15, 0.2) is 6.07 Å². The minimum Gasteiger partial charge on any atom is -0.384 e. The monoisotopic (exact) mass is 222 g/mol. The average Bonchev–Trinajstić information content (AvgIpc) is 2.13. The van der Waals surface area contributed by atoms with Crippen molar-refractivity contribution in [1.29, 1.82) is 0 Å². The maximum absolute atomic E-state index is 5.72. The Morgan fingerprint density at radius 2 is 1.94 bits per heavy atom. The smallest absolute Gasteiger partial charge is 0.134 e. The maximum atomic E-state index is 5.72. The van der Waals surface area contributed by atoms with Gasteiger partial charge >= 0.3 is 0 Å². The number of rotatable bonds is 4. The summed E-state index contributed by atoms with van der Waals surface area (Å²) in [7, 11) is 2.05. The second kappa shape index (κ2) is 5.14. The van der Waals surface area contributed by atoms with Gasteiger partial charge in [-0.05, 0) is 26.2 Å². The number of nitrogen functional groups attached to an aromatic ring is 1. The van der Waals surface area contributed by atoms with Crippen LogP contribution in [0.1, 0.15) is 33.0 Å². The standard InChI is InChI=1S/C12H22N4/c1-8(2)6-9(3)16(5)12-7-11(13)14-10(4)15-12/h7-9H,6H2,1-5H3,(H2,13,14,15). The van der Waals surface area contributed by atoms with E-state index in [1.807, 2.05) is 20.0 Å². The third-order valence-corrected chi connectivity index (χ3v) is 2.68. The van der Waals surface area contributed by atoms with Crippen LogP contribution in [-0.2, 0) is 0 Å². The fourth-order valence-electron chi connectivity index (χ4n) is 1.82. The Hall–Kier alpha value is -1.32. The molecular weight excluding hydrogens is 200 g/mol. The van der Waals surface area contributed by atoms with Gasteiger partial charge in [-0.25, -0.2) is 9.97 Å². The first-order valence-corrected chi connectivity index (χ1v) is 5.74. The first kappa shape index (κ1) is 12.7. The van der Waals surface area contributed by atoms with E-state index in [0.717, 1.165) is 18.1 Å². The lowest BCUT2D eigenvalue weighted by atomic mass is 10.0. The molecule has 1 aromatic heterocycles. The van der Waals surface area contributed by atoms with E-state index in [9.17, 15) is 0 Å². The third-order valence-electron chi connectivity index (χ3n) is 2.68. The zero-order chi connectivity index (χ0) is 12.3. The number of aromatic nitrogens is 2. The van der Waals surface area contributed by atoms with Crippen LogP contribution < -0.4 is 10.6 Å². The van der Waals surface area contributed by atoms with E-state index in [2.05, 4.69) is 35.6 Å². The summed E-state index contributed by atoms with van der Waals surface area (Å²) in [5.74, 6) is 2.83. The number of nitrogens with zero attached hydrogens (tertiary/aromatic N) is 3. The number of hydrogen-bond acceptors (Lipinski definition) is 4. The zero-order valence-electron chi connectivity index (χ0n) is 10.9. The van der Waals surface area contributed by atoms with Gasteiger partial charge in [0.15, 0.2) is 0 Å². The van der Waals surface area contributed by atoms with Crippen LogP contribution in [0, 0.1) is 12.8 Å². The first-order chi connectivity index (χ1) is 7.40. The predicted molar refractivity (Wildman–Crippen MR) is 68.5 cm³/mol. The Kier molecular flexibility index (Phi) is 4.10. The van der Waals surface area contributed by atoms with Crippen molar-refractivity contribution in [1.82, 2.24) is 9.97 Å². The Morgan fingerprint density at radius 3 is 2.44 bits per heavy atom. The summed E-state index contributed by atoms with van der Waals surface area (Å²) in [5, 5.41) is 0. The number of nitrogens with two attached hydrogens (primary N) is 1. The molecule has 1 unspecified atom stereocenters. The fraction of sp³-hybridized carbons (Fsp3) is 0.667. The van der Waals surface area contributed by atoms with Crippen molar-refractivity contribution >= 4 is 11.6 Å². The van der Waals surface area contributed by atoms with Gasteiger partial charge in [-0.1, -0.05) is 13.8 Å². The van der Waals surface area contributed by atoms with Crippen molar-refractivity contribution < 1.29 is 0 Å². The highest BCUT2D eigenvalue weighted by Crippen LogP contribution is 2.18. The summed E-state index contributed by atoms with van der Waals surface area (Å²) in [6.07, 6.45) is 1.14. The molecule has 0 aliphatic rings. The molecule has 1 atom stereocenters. The van der Waals surface area contributed by atoms with Crippen LogP contribution in [0.2, 0.25) is 0 Å². The molecular formula is C12H22N4. The van der Waals surface area contributed by atoms with Crippen molar-refractivity contribution in [3.05, 3.63) is 11.9 Å². The van der Waals surface area contributed by atoms with Gasteiger partial charge < -0.3 is 10.6 Å². The number of hydrogen-bond donors (Lipinski definition) is 1. The quantitative estimate of drug-likeness (QED) is 0.849. The summed E-state index contributed by atoms with van der Waals surface area (Å²) < 4.78 is 0. The van der Waals surface area contributed by atoms with Crippen LogP contribution in [0.25, 0.3) is 0 Å². The van der Waals surface area contributed by atoms with Gasteiger partial charge in [0, 0.05) is 19.2 Å². The van der Waals surface area contributed by atoms with Crippen LogP contribution in [0.5, 0.6) is 0 Å². The van der Waals surface area contributed by atoms with Crippen LogP contribution in [0.3, 0.4) is 0 Å². The van der Waals surface area contributed by atoms with E-state index < -0.39 is 0 Å². The zero-order valence-corrected chi connectivity index (χ0v) is 10.9. The Morgan fingerprint density at radius 1 is 1.31 bits per heavy atom. The van der Waals surface area contributed by atoms with Gasteiger partial charge in [0.05, 0.1) is 0 Å². The molecule has 0 radical (unpaired) electrons. The lowest BCUT2D eigenvalue weighted by Gasteiger charge is -2.27. The van der Waals surface area contributed by atoms with Crippen molar-refractivity contribution in [3.8, 4) is 0 Å². The van der Waals surface area contributed by atoms with Gasteiger partial charge in [-0.15, -0.1) is 0 Å². The summed E-state index contributed by atoms with van der Waals surface area (Å²) in [4.78, 5) is 10.6. The van der Waals surface area contributed by atoms with Gasteiger partial charge in [0.25, 0.3) is 0 Å².